The van der Waals surface area contributed by atoms with E-state index in [2.05, 4.69) is 10.6 Å². The Hall–Kier alpha value is -3.03. The molecule has 2 aliphatic rings. The SMILES string of the molecule is CC(=O)N[C@@H]1[C@@H](O)[C@H](O)[C@@H](CO)O[C@H]1SCCC(=O)NCCCCN1C(=O)c2cccc3cccc(c23)C1=O. The summed E-state index contributed by atoms with van der Waals surface area (Å²) in [5.74, 6) is -0.924. The van der Waals surface area contributed by atoms with Gasteiger partial charge in [-0.2, -0.15) is 0 Å². The number of benzene rings is 2. The summed E-state index contributed by atoms with van der Waals surface area (Å²) in [5.41, 5.74) is 0.278. The Morgan fingerprint density at radius 2 is 1.69 bits per heavy atom. The molecule has 12 heteroatoms. The first-order valence-electron chi connectivity index (χ1n) is 12.9. The Labute approximate surface area is 229 Å². The Morgan fingerprint density at radius 3 is 2.31 bits per heavy atom. The minimum Gasteiger partial charge on any atom is -0.394 e. The molecule has 1 saturated heterocycles. The van der Waals surface area contributed by atoms with Crippen molar-refractivity contribution in [2.75, 3.05) is 25.4 Å². The number of aliphatic hydroxyl groups excluding tert-OH is 3. The average Bonchev–Trinajstić information content (AvgIpc) is 2.92. The second-order valence-corrected chi connectivity index (χ2v) is 10.8. The Morgan fingerprint density at radius 1 is 1.03 bits per heavy atom. The lowest BCUT2D eigenvalue weighted by Crippen LogP contribution is -2.63. The summed E-state index contributed by atoms with van der Waals surface area (Å²) in [5, 5.41) is 36.8. The van der Waals surface area contributed by atoms with Gasteiger partial charge in [0.15, 0.2) is 0 Å². The first kappa shape index (κ1) is 29.0. The zero-order valence-electron chi connectivity index (χ0n) is 21.5. The van der Waals surface area contributed by atoms with E-state index >= 15 is 0 Å². The number of amides is 4. The van der Waals surface area contributed by atoms with Gasteiger partial charge < -0.3 is 30.7 Å². The third-order valence-electron chi connectivity index (χ3n) is 6.85. The third-order valence-corrected chi connectivity index (χ3v) is 8.02. The van der Waals surface area contributed by atoms with Crippen LogP contribution in [0.5, 0.6) is 0 Å². The molecule has 39 heavy (non-hydrogen) atoms. The minimum atomic E-state index is -1.36. The zero-order valence-corrected chi connectivity index (χ0v) is 22.4. The van der Waals surface area contributed by atoms with Crippen LogP contribution >= 0.6 is 11.8 Å². The summed E-state index contributed by atoms with van der Waals surface area (Å²) in [6.07, 6.45) is -2.44. The number of rotatable bonds is 11. The lowest BCUT2D eigenvalue weighted by molar-refractivity contribution is -0.173. The van der Waals surface area contributed by atoms with Crippen LogP contribution in [0, 0.1) is 0 Å². The van der Waals surface area contributed by atoms with Gasteiger partial charge in [0.2, 0.25) is 11.8 Å². The van der Waals surface area contributed by atoms with Crippen LogP contribution in [0.25, 0.3) is 10.8 Å². The second-order valence-electron chi connectivity index (χ2n) is 9.58. The molecule has 0 spiro atoms. The van der Waals surface area contributed by atoms with Crippen molar-refractivity contribution in [3.8, 4) is 0 Å². The van der Waals surface area contributed by atoms with Crippen LogP contribution in [0.1, 0.15) is 46.9 Å². The number of imide groups is 1. The van der Waals surface area contributed by atoms with Crippen molar-refractivity contribution in [1.82, 2.24) is 15.5 Å². The van der Waals surface area contributed by atoms with Gasteiger partial charge in [-0.15, -0.1) is 11.8 Å². The van der Waals surface area contributed by atoms with Gasteiger partial charge in [-0.1, -0.05) is 24.3 Å². The molecule has 0 bridgehead atoms. The molecular weight excluding hydrogens is 526 g/mol. The molecule has 1 fully saturated rings. The van der Waals surface area contributed by atoms with Crippen molar-refractivity contribution >= 4 is 46.2 Å². The maximum atomic E-state index is 13.0. The highest BCUT2D eigenvalue weighted by atomic mass is 32.2. The predicted molar refractivity (Wildman–Crippen MR) is 144 cm³/mol. The molecule has 4 amide bonds. The highest BCUT2D eigenvalue weighted by Crippen LogP contribution is 2.30. The smallest absolute Gasteiger partial charge is 0.261 e. The monoisotopic (exact) mass is 559 g/mol. The number of hydrogen-bond acceptors (Lipinski definition) is 9. The molecule has 11 nitrogen and oxygen atoms in total. The van der Waals surface area contributed by atoms with E-state index in [0.717, 1.165) is 5.39 Å². The van der Waals surface area contributed by atoms with Gasteiger partial charge in [0, 0.05) is 48.7 Å². The zero-order chi connectivity index (χ0) is 28.1. The topological polar surface area (TPSA) is 166 Å². The van der Waals surface area contributed by atoms with Gasteiger partial charge in [-0.25, -0.2) is 0 Å². The van der Waals surface area contributed by atoms with Crippen molar-refractivity contribution in [1.29, 1.82) is 0 Å². The standard InChI is InChI=1S/C27H33N3O8S/c1-15(32)29-22-24(35)23(34)19(14-31)38-27(22)39-13-10-20(33)28-11-2-3-12-30-25(36)17-8-4-6-16-7-5-9-18(21(16)17)26(30)37/h4-9,19,22-24,27,31,34-35H,2-3,10-14H2,1H3,(H,28,33)(H,29,32)/t19-,22-,23-,24-,27+/m1/s1. The molecule has 5 atom stereocenters. The fourth-order valence-electron chi connectivity index (χ4n) is 4.88. The molecule has 2 heterocycles. The first-order chi connectivity index (χ1) is 18.7. The fraction of sp³-hybridized carbons (Fsp3) is 0.481. The van der Waals surface area contributed by atoms with Gasteiger partial charge in [0.25, 0.3) is 11.8 Å². The highest BCUT2D eigenvalue weighted by Gasteiger charge is 2.44. The number of hydrogen-bond donors (Lipinski definition) is 5. The van der Waals surface area contributed by atoms with E-state index in [1.807, 2.05) is 12.1 Å². The molecule has 2 aromatic rings. The number of aliphatic hydroxyl groups is 3. The maximum Gasteiger partial charge on any atom is 0.261 e. The Bertz CT molecular complexity index is 1190. The number of nitrogens with one attached hydrogen (secondary N) is 2. The van der Waals surface area contributed by atoms with Crippen molar-refractivity contribution in [2.24, 2.45) is 0 Å². The van der Waals surface area contributed by atoms with Crippen molar-refractivity contribution < 1.29 is 39.2 Å². The fourth-order valence-corrected chi connectivity index (χ4v) is 6.07. The van der Waals surface area contributed by atoms with Gasteiger partial charge in [0.05, 0.1) is 12.6 Å². The molecule has 0 unspecified atom stereocenters. The number of carbonyl (C=O) groups is 4. The van der Waals surface area contributed by atoms with Crippen LogP contribution < -0.4 is 10.6 Å². The van der Waals surface area contributed by atoms with Crippen LogP contribution in [0.3, 0.4) is 0 Å². The third kappa shape index (κ3) is 6.42. The lowest BCUT2D eigenvalue weighted by Gasteiger charge is -2.42. The number of nitrogens with zero attached hydrogens (tertiary/aromatic N) is 1. The van der Waals surface area contributed by atoms with Crippen molar-refractivity contribution in [3.05, 3.63) is 47.5 Å². The van der Waals surface area contributed by atoms with Crippen LogP contribution in [-0.4, -0.2) is 99.1 Å². The van der Waals surface area contributed by atoms with Gasteiger partial charge in [-0.05, 0) is 30.4 Å². The van der Waals surface area contributed by atoms with Crippen molar-refractivity contribution in [3.63, 3.8) is 0 Å². The summed E-state index contributed by atoms with van der Waals surface area (Å²) in [7, 11) is 0. The average molecular weight is 560 g/mol. The predicted octanol–water partition coefficient (Wildman–Crippen LogP) is 0.399. The molecule has 4 rings (SSSR count). The van der Waals surface area contributed by atoms with E-state index in [1.165, 1.54) is 23.6 Å². The van der Waals surface area contributed by atoms with Gasteiger partial charge in [0.1, 0.15) is 23.7 Å². The minimum absolute atomic E-state index is 0.143. The van der Waals surface area contributed by atoms with Gasteiger partial charge >= 0.3 is 0 Å². The summed E-state index contributed by atoms with van der Waals surface area (Å²) < 4.78 is 5.64. The Balaban J connectivity index is 1.19. The summed E-state index contributed by atoms with van der Waals surface area (Å²) in [6.45, 7) is 1.40. The molecule has 210 valence electrons. The van der Waals surface area contributed by atoms with E-state index in [1.54, 1.807) is 24.3 Å². The van der Waals surface area contributed by atoms with Crippen molar-refractivity contribution in [2.45, 2.75) is 56.0 Å². The van der Waals surface area contributed by atoms with E-state index in [0.29, 0.717) is 41.7 Å². The quantitative estimate of drug-likeness (QED) is 0.194. The summed E-state index contributed by atoms with van der Waals surface area (Å²) >= 11 is 1.19. The normalized spacial score (nSPS) is 24.6. The van der Waals surface area contributed by atoms with E-state index in [4.69, 9.17) is 4.74 Å². The van der Waals surface area contributed by atoms with Crippen LogP contribution in [0.15, 0.2) is 36.4 Å². The number of thioether (sulfide) groups is 1. The molecule has 0 saturated carbocycles. The lowest BCUT2D eigenvalue weighted by atomic mass is 9.94. The molecular formula is C27H33N3O8S. The molecule has 2 aliphatic heterocycles. The van der Waals surface area contributed by atoms with Gasteiger partial charge in [-0.3, -0.25) is 24.1 Å². The number of carbonyl (C=O) groups excluding carboxylic acids is 4. The molecule has 0 aliphatic carbocycles. The summed E-state index contributed by atoms with van der Waals surface area (Å²) in [4.78, 5) is 51.0. The van der Waals surface area contributed by atoms with Crippen LogP contribution in [-0.2, 0) is 14.3 Å². The largest absolute Gasteiger partial charge is 0.394 e. The first-order valence-corrected chi connectivity index (χ1v) is 13.9. The molecule has 0 radical (unpaired) electrons. The van der Waals surface area contributed by atoms with E-state index in [-0.39, 0.29) is 30.7 Å². The van der Waals surface area contributed by atoms with Crippen LogP contribution in [0.4, 0.5) is 0 Å². The van der Waals surface area contributed by atoms with E-state index < -0.39 is 42.3 Å². The molecule has 5 N–H and O–H groups in total. The maximum absolute atomic E-state index is 13.0. The number of unbranched alkanes of at least 4 members (excludes halogenated alkanes) is 1. The number of ether oxygens (including phenoxy) is 1. The second kappa shape index (κ2) is 12.9. The van der Waals surface area contributed by atoms with Crippen LogP contribution in [0.2, 0.25) is 0 Å². The highest BCUT2D eigenvalue weighted by molar-refractivity contribution is 7.99. The summed E-state index contributed by atoms with van der Waals surface area (Å²) in [6, 6.07) is 9.93. The molecule has 2 aromatic carbocycles. The Kier molecular flexibility index (Phi) is 9.57. The molecule has 0 aromatic heterocycles. The van der Waals surface area contributed by atoms with E-state index in [9.17, 15) is 34.5 Å².